The molecule has 1 rings (SSSR count). The quantitative estimate of drug-likeness (QED) is 0.828. The smallest absolute Gasteiger partial charge is 0.150 e. The van der Waals surface area contributed by atoms with Crippen molar-refractivity contribution in [3.05, 3.63) is 0 Å². The predicted octanol–water partition coefficient (Wildman–Crippen LogP) is 2.00. The number of sulfone groups is 1. The monoisotopic (exact) mass is 248 g/mol. The minimum absolute atomic E-state index is 0.175. The molecule has 0 aromatic heterocycles. The Morgan fingerprint density at radius 1 is 1.31 bits per heavy atom. The van der Waals surface area contributed by atoms with E-state index in [9.17, 15) is 13.5 Å². The molecule has 0 aromatic rings. The number of hydrogen-bond acceptors (Lipinski definition) is 3. The summed E-state index contributed by atoms with van der Waals surface area (Å²) in [5.41, 5.74) is 0. The molecule has 16 heavy (non-hydrogen) atoms. The molecule has 0 heterocycles. The minimum Gasteiger partial charge on any atom is -0.393 e. The minimum atomic E-state index is -2.90. The van der Waals surface area contributed by atoms with Gasteiger partial charge in [0.15, 0.2) is 0 Å². The first-order valence-corrected chi connectivity index (χ1v) is 8.13. The van der Waals surface area contributed by atoms with Crippen molar-refractivity contribution in [1.82, 2.24) is 0 Å². The van der Waals surface area contributed by atoms with Crippen LogP contribution in [0.25, 0.3) is 0 Å². The maximum Gasteiger partial charge on any atom is 0.150 e. The third-order valence-electron chi connectivity index (χ3n) is 3.68. The van der Waals surface area contributed by atoms with Crippen molar-refractivity contribution in [2.24, 2.45) is 11.8 Å². The fraction of sp³-hybridized carbons (Fsp3) is 1.00. The highest BCUT2D eigenvalue weighted by Crippen LogP contribution is 2.32. The largest absolute Gasteiger partial charge is 0.393 e. The maximum absolute atomic E-state index is 11.5. The normalized spacial score (nSPS) is 29.3. The van der Waals surface area contributed by atoms with Crippen molar-refractivity contribution in [2.45, 2.75) is 57.3 Å². The second-order valence-corrected chi connectivity index (χ2v) is 7.86. The lowest BCUT2D eigenvalue weighted by Gasteiger charge is -2.30. The average molecular weight is 248 g/mol. The van der Waals surface area contributed by atoms with E-state index in [1.165, 1.54) is 6.26 Å². The van der Waals surface area contributed by atoms with E-state index in [-0.39, 0.29) is 17.3 Å². The van der Waals surface area contributed by atoms with Gasteiger partial charge in [0.2, 0.25) is 0 Å². The standard InChI is InChI=1S/C12H24O3S/c1-9(2)12(13)8-10-5-4-6-11(7-10)16(3,14)15/h9-13H,4-8H2,1-3H3. The van der Waals surface area contributed by atoms with Gasteiger partial charge in [-0.25, -0.2) is 8.42 Å². The van der Waals surface area contributed by atoms with Crippen molar-refractivity contribution >= 4 is 9.84 Å². The molecule has 0 radical (unpaired) electrons. The van der Waals surface area contributed by atoms with Gasteiger partial charge in [0, 0.05) is 6.26 Å². The highest BCUT2D eigenvalue weighted by molar-refractivity contribution is 7.91. The third kappa shape index (κ3) is 4.06. The van der Waals surface area contributed by atoms with Crippen LogP contribution in [0.1, 0.15) is 46.0 Å². The Labute approximate surface area is 99.2 Å². The first-order chi connectivity index (χ1) is 7.30. The van der Waals surface area contributed by atoms with E-state index in [0.717, 1.165) is 32.1 Å². The van der Waals surface area contributed by atoms with Crippen LogP contribution in [0, 0.1) is 11.8 Å². The van der Waals surface area contributed by atoms with E-state index in [0.29, 0.717) is 5.92 Å². The van der Waals surface area contributed by atoms with Gasteiger partial charge in [-0.15, -0.1) is 0 Å². The molecular formula is C12H24O3S. The molecule has 1 fully saturated rings. The van der Waals surface area contributed by atoms with Crippen LogP contribution in [-0.4, -0.2) is 31.1 Å². The summed E-state index contributed by atoms with van der Waals surface area (Å²) in [5.74, 6) is 0.643. The third-order valence-corrected chi connectivity index (χ3v) is 5.32. The van der Waals surface area contributed by atoms with Gasteiger partial charge in [0.25, 0.3) is 0 Å². The fourth-order valence-corrected chi connectivity index (χ4v) is 3.67. The van der Waals surface area contributed by atoms with Crippen molar-refractivity contribution in [1.29, 1.82) is 0 Å². The first-order valence-electron chi connectivity index (χ1n) is 6.17. The van der Waals surface area contributed by atoms with Crippen LogP contribution < -0.4 is 0 Å². The Balaban J connectivity index is 2.51. The molecule has 1 aliphatic rings. The van der Waals surface area contributed by atoms with Crippen LogP contribution in [0.4, 0.5) is 0 Å². The summed E-state index contributed by atoms with van der Waals surface area (Å²) < 4.78 is 23.0. The highest BCUT2D eigenvalue weighted by Gasteiger charge is 2.30. The molecule has 0 bridgehead atoms. The Hall–Kier alpha value is -0.0900. The SMILES string of the molecule is CC(C)C(O)CC1CCCC(S(C)(=O)=O)C1. The zero-order valence-electron chi connectivity index (χ0n) is 10.5. The zero-order chi connectivity index (χ0) is 12.3. The Morgan fingerprint density at radius 3 is 2.44 bits per heavy atom. The summed E-state index contributed by atoms with van der Waals surface area (Å²) in [6.45, 7) is 4.00. The molecule has 3 atom stereocenters. The Kier molecular flexibility index (Phi) is 4.80. The van der Waals surface area contributed by atoms with Gasteiger partial charge >= 0.3 is 0 Å². The molecular weight excluding hydrogens is 224 g/mol. The van der Waals surface area contributed by atoms with Gasteiger partial charge in [-0.3, -0.25) is 0 Å². The molecule has 0 aromatic carbocycles. The van der Waals surface area contributed by atoms with Crippen LogP contribution >= 0.6 is 0 Å². The first kappa shape index (κ1) is 14.0. The maximum atomic E-state index is 11.5. The summed E-state index contributed by atoms with van der Waals surface area (Å²) in [7, 11) is -2.90. The molecule has 96 valence electrons. The van der Waals surface area contributed by atoms with E-state index in [1.54, 1.807) is 0 Å². The summed E-state index contributed by atoms with van der Waals surface area (Å²) in [4.78, 5) is 0. The lowest BCUT2D eigenvalue weighted by molar-refractivity contribution is 0.0890. The van der Waals surface area contributed by atoms with Crippen molar-refractivity contribution < 1.29 is 13.5 Å². The second-order valence-electron chi connectivity index (χ2n) is 5.53. The van der Waals surface area contributed by atoms with Crippen molar-refractivity contribution in [3.8, 4) is 0 Å². The van der Waals surface area contributed by atoms with E-state index >= 15 is 0 Å². The van der Waals surface area contributed by atoms with Crippen LogP contribution in [0.15, 0.2) is 0 Å². The van der Waals surface area contributed by atoms with E-state index in [1.807, 2.05) is 13.8 Å². The summed E-state index contributed by atoms with van der Waals surface area (Å²) in [5, 5.41) is 9.64. The molecule has 0 saturated heterocycles. The number of aliphatic hydroxyl groups is 1. The van der Waals surface area contributed by atoms with Crippen molar-refractivity contribution in [3.63, 3.8) is 0 Å². The van der Waals surface area contributed by atoms with E-state index in [2.05, 4.69) is 0 Å². The lowest BCUT2D eigenvalue weighted by Crippen LogP contribution is -2.30. The molecule has 3 unspecified atom stereocenters. The van der Waals surface area contributed by atoms with E-state index < -0.39 is 9.84 Å². The number of hydrogen-bond donors (Lipinski definition) is 1. The topological polar surface area (TPSA) is 54.4 Å². The van der Waals surface area contributed by atoms with Crippen LogP contribution in [-0.2, 0) is 9.84 Å². The summed E-state index contributed by atoms with van der Waals surface area (Å²) >= 11 is 0. The molecule has 1 N–H and O–H groups in total. The average Bonchev–Trinajstić information content (AvgIpc) is 2.16. The van der Waals surface area contributed by atoms with Crippen LogP contribution in [0.5, 0.6) is 0 Å². The van der Waals surface area contributed by atoms with Crippen LogP contribution in [0.3, 0.4) is 0 Å². The van der Waals surface area contributed by atoms with Gasteiger partial charge < -0.3 is 5.11 Å². The van der Waals surface area contributed by atoms with Gasteiger partial charge in [0.1, 0.15) is 9.84 Å². The second kappa shape index (κ2) is 5.50. The summed E-state index contributed by atoms with van der Waals surface area (Å²) in [6.07, 6.45) is 5.38. The lowest BCUT2D eigenvalue weighted by atomic mass is 9.83. The van der Waals surface area contributed by atoms with Gasteiger partial charge in [-0.1, -0.05) is 26.7 Å². The van der Waals surface area contributed by atoms with Gasteiger partial charge in [-0.2, -0.15) is 0 Å². The molecule has 1 saturated carbocycles. The molecule has 0 amide bonds. The van der Waals surface area contributed by atoms with Crippen LogP contribution in [0.2, 0.25) is 0 Å². The number of rotatable bonds is 4. The van der Waals surface area contributed by atoms with Gasteiger partial charge in [-0.05, 0) is 31.1 Å². The predicted molar refractivity (Wildman–Crippen MR) is 66.1 cm³/mol. The molecule has 3 nitrogen and oxygen atoms in total. The fourth-order valence-electron chi connectivity index (χ4n) is 2.46. The molecule has 1 aliphatic carbocycles. The molecule has 4 heteroatoms. The summed E-state index contributed by atoms with van der Waals surface area (Å²) in [6, 6.07) is 0. The van der Waals surface area contributed by atoms with Crippen molar-refractivity contribution in [2.75, 3.05) is 6.26 Å². The molecule has 0 spiro atoms. The Morgan fingerprint density at radius 2 is 1.94 bits per heavy atom. The van der Waals surface area contributed by atoms with Gasteiger partial charge in [0.05, 0.1) is 11.4 Å². The highest BCUT2D eigenvalue weighted by atomic mass is 32.2. The zero-order valence-corrected chi connectivity index (χ0v) is 11.3. The Bertz CT molecular complexity index is 308. The van der Waals surface area contributed by atoms with E-state index in [4.69, 9.17) is 0 Å². The molecule has 0 aliphatic heterocycles. The number of aliphatic hydroxyl groups excluding tert-OH is 1.